The normalized spacial score (nSPS) is 18.2. The molecule has 0 spiro atoms. The maximum Gasteiger partial charge on any atom is 0.242 e. The first-order valence-electron chi connectivity index (χ1n) is 12.8. The third-order valence-electron chi connectivity index (χ3n) is 7.09. The maximum atomic E-state index is 13.9. The van der Waals surface area contributed by atoms with E-state index in [2.05, 4.69) is 39.8 Å². The van der Waals surface area contributed by atoms with Gasteiger partial charge in [0.15, 0.2) is 0 Å². The standard InChI is InChI=1S/C29H33FN4O2S/c1-19-9-5-6-10-22(19)26-25-27(29(2,3)4)31-34(21-13-11-20(30)12-14-21)28(25)33(24(36)18-37-26)17-23(35)32-15-7-8-16-32/h5-6,9-14,26H,7-8,15-18H2,1-4H3/t26-/m1/s1. The second kappa shape index (κ2) is 9.97. The number of aromatic nitrogens is 2. The number of carbonyl (C=O) groups is 2. The van der Waals surface area contributed by atoms with Crippen molar-refractivity contribution in [3.63, 3.8) is 0 Å². The van der Waals surface area contributed by atoms with Crippen molar-refractivity contribution in [2.75, 3.05) is 30.3 Å². The maximum absolute atomic E-state index is 13.9. The molecule has 194 valence electrons. The van der Waals surface area contributed by atoms with E-state index in [-0.39, 0.29) is 40.6 Å². The van der Waals surface area contributed by atoms with Crippen LogP contribution in [0.2, 0.25) is 0 Å². The van der Waals surface area contributed by atoms with Crippen molar-refractivity contribution in [2.24, 2.45) is 0 Å². The third kappa shape index (κ3) is 4.91. The number of hydrogen-bond donors (Lipinski definition) is 0. The second-order valence-electron chi connectivity index (χ2n) is 10.8. The molecule has 0 bridgehead atoms. The van der Waals surface area contributed by atoms with Crippen LogP contribution in [0.1, 0.15) is 61.2 Å². The number of carbonyl (C=O) groups excluding carboxylic acids is 2. The molecule has 1 fully saturated rings. The van der Waals surface area contributed by atoms with Gasteiger partial charge in [0.1, 0.15) is 18.2 Å². The minimum atomic E-state index is -0.344. The molecule has 2 aliphatic rings. The highest BCUT2D eigenvalue weighted by Crippen LogP contribution is 2.49. The zero-order valence-electron chi connectivity index (χ0n) is 21.8. The Hall–Kier alpha value is -3.13. The van der Waals surface area contributed by atoms with E-state index in [1.807, 2.05) is 17.0 Å². The number of thioether (sulfide) groups is 1. The summed E-state index contributed by atoms with van der Waals surface area (Å²) in [5.41, 5.74) is 4.37. The minimum absolute atomic E-state index is 0.0383. The summed E-state index contributed by atoms with van der Waals surface area (Å²) < 4.78 is 15.6. The van der Waals surface area contributed by atoms with Crippen LogP contribution < -0.4 is 4.90 Å². The van der Waals surface area contributed by atoms with E-state index in [0.29, 0.717) is 11.5 Å². The van der Waals surface area contributed by atoms with Gasteiger partial charge in [-0.05, 0) is 55.2 Å². The summed E-state index contributed by atoms with van der Waals surface area (Å²) in [6.45, 7) is 9.81. The molecule has 0 saturated carbocycles. The van der Waals surface area contributed by atoms with Crippen LogP contribution in [0.4, 0.5) is 10.2 Å². The van der Waals surface area contributed by atoms with Gasteiger partial charge in [0.25, 0.3) is 0 Å². The summed E-state index contributed by atoms with van der Waals surface area (Å²) in [6, 6.07) is 14.3. The highest BCUT2D eigenvalue weighted by atomic mass is 32.2. The van der Waals surface area contributed by atoms with Crippen LogP contribution >= 0.6 is 11.8 Å². The van der Waals surface area contributed by atoms with E-state index in [0.717, 1.165) is 48.3 Å². The van der Waals surface area contributed by atoms with Crippen molar-refractivity contribution in [1.29, 1.82) is 0 Å². The topological polar surface area (TPSA) is 58.4 Å². The minimum Gasteiger partial charge on any atom is -0.341 e. The molecule has 1 saturated heterocycles. The molecule has 0 aliphatic carbocycles. The number of benzene rings is 2. The lowest BCUT2D eigenvalue weighted by atomic mass is 9.86. The molecule has 5 rings (SSSR count). The summed E-state index contributed by atoms with van der Waals surface area (Å²) in [6.07, 6.45) is 1.97. The first-order valence-corrected chi connectivity index (χ1v) is 13.8. The molecule has 0 N–H and O–H groups in total. The highest BCUT2D eigenvalue weighted by Gasteiger charge is 2.40. The van der Waals surface area contributed by atoms with Crippen molar-refractivity contribution in [3.05, 3.63) is 76.7 Å². The van der Waals surface area contributed by atoms with Gasteiger partial charge < -0.3 is 4.90 Å². The predicted molar refractivity (Wildman–Crippen MR) is 146 cm³/mol. The van der Waals surface area contributed by atoms with Crippen LogP contribution in [0.5, 0.6) is 0 Å². The fourth-order valence-electron chi connectivity index (χ4n) is 5.16. The molecule has 1 atom stereocenters. The smallest absolute Gasteiger partial charge is 0.242 e. The SMILES string of the molecule is Cc1ccccc1[C@H]1SCC(=O)N(CC(=O)N2CCCC2)c2c1c(C(C)(C)C)nn2-c1ccc(F)cc1. The zero-order valence-corrected chi connectivity index (χ0v) is 22.6. The number of anilines is 1. The first-order chi connectivity index (χ1) is 17.6. The molecule has 1 aromatic heterocycles. The van der Waals surface area contributed by atoms with Crippen LogP contribution in [-0.4, -0.2) is 51.9 Å². The third-order valence-corrected chi connectivity index (χ3v) is 8.33. The number of aryl methyl sites for hydroxylation is 1. The molecule has 3 heterocycles. The van der Waals surface area contributed by atoms with Gasteiger partial charge in [-0.1, -0.05) is 45.0 Å². The number of amides is 2. The lowest BCUT2D eigenvalue weighted by molar-refractivity contribution is -0.130. The Balaban J connectivity index is 1.76. The van der Waals surface area contributed by atoms with Crippen molar-refractivity contribution in [1.82, 2.24) is 14.7 Å². The molecule has 0 unspecified atom stereocenters. The largest absolute Gasteiger partial charge is 0.341 e. The van der Waals surface area contributed by atoms with E-state index < -0.39 is 0 Å². The molecular weight excluding hydrogens is 487 g/mol. The predicted octanol–water partition coefficient (Wildman–Crippen LogP) is 5.41. The Kier molecular flexibility index (Phi) is 6.88. The van der Waals surface area contributed by atoms with E-state index in [1.165, 1.54) is 12.1 Å². The highest BCUT2D eigenvalue weighted by molar-refractivity contribution is 8.00. The second-order valence-corrected chi connectivity index (χ2v) is 11.9. The Morgan fingerprint density at radius 3 is 2.41 bits per heavy atom. The van der Waals surface area contributed by atoms with Crippen molar-refractivity contribution in [2.45, 2.75) is 51.2 Å². The summed E-state index contributed by atoms with van der Waals surface area (Å²) in [5, 5.41) is 4.92. The molecule has 2 amide bonds. The van der Waals surface area contributed by atoms with Crippen LogP contribution in [0.15, 0.2) is 48.5 Å². The van der Waals surface area contributed by atoms with Crippen LogP contribution in [-0.2, 0) is 15.0 Å². The molecule has 8 heteroatoms. The summed E-state index contributed by atoms with van der Waals surface area (Å²) in [7, 11) is 0. The van der Waals surface area contributed by atoms with Gasteiger partial charge in [-0.15, -0.1) is 11.8 Å². The molecule has 3 aromatic rings. The number of likely N-dealkylation sites (tertiary alicyclic amines) is 1. The monoisotopic (exact) mass is 520 g/mol. The van der Waals surface area contributed by atoms with E-state index in [4.69, 9.17) is 5.10 Å². The van der Waals surface area contributed by atoms with Gasteiger partial charge >= 0.3 is 0 Å². The van der Waals surface area contributed by atoms with E-state index in [1.54, 1.807) is 33.5 Å². The van der Waals surface area contributed by atoms with Gasteiger partial charge in [0.2, 0.25) is 11.8 Å². The Labute approximate surface area is 221 Å². The lowest BCUT2D eigenvalue weighted by Crippen LogP contribution is -2.43. The quantitative estimate of drug-likeness (QED) is 0.462. The van der Waals surface area contributed by atoms with Crippen LogP contribution in [0.25, 0.3) is 5.69 Å². The van der Waals surface area contributed by atoms with Gasteiger partial charge in [-0.2, -0.15) is 5.10 Å². The number of nitrogens with zero attached hydrogens (tertiary/aromatic N) is 4. The van der Waals surface area contributed by atoms with E-state index in [9.17, 15) is 14.0 Å². The zero-order chi connectivity index (χ0) is 26.3. The fraction of sp³-hybridized carbons (Fsp3) is 0.414. The summed E-state index contributed by atoms with van der Waals surface area (Å²) >= 11 is 1.58. The van der Waals surface area contributed by atoms with Crippen molar-refractivity contribution < 1.29 is 14.0 Å². The van der Waals surface area contributed by atoms with Crippen molar-refractivity contribution in [3.8, 4) is 5.69 Å². The van der Waals surface area contributed by atoms with Gasteiger partial charge in [0, 0.05) is 24.1 Å². The van der Waals surface area contributed by atoms with Gasteiger partial charge in [0.05, 0.1) is 22.4 Å². The van der Waals surface area contributed by atoms with E-state index >= 15 is 0 Å². The fourth-order valence-corrected chi connectivity index (χ4v) is 6.46. The molecule has 0 radical (unpaired) electrons. The van der Waals surface area contributed by atoms with Crippen molar-refractivity contribution >= 4 is 29.4 Å². The first kappa shape index (κ1) is 25.5. The molecule has 37 heavy (non-hydrogen) atoms. The Morgan fingerprint density at radius 2 is 1.76 bits per heavy atom. The van der Waals surface area contributed by atoms with Gasteiger partial charge in [-0.25, -0.2) is 9.07 Å². The summed E-state index contributed by atoms with van der Waals surface area (Å²) in [4.78, 5) is 30.5. The summed E-state index contributed by atoms with van der Waals surface area (Å²) in [5.74, 6) is 0.322. The number of hydrogen-bond acceptors (Lipinski definition) is 4. The Bertz CT molecular complexity index is 1320. The van der Waals surface area contributed by atoms with Crippen LogP contribution in [0.3, 0.4) is 0 Å². The average Bonchev–Trinajstić information content (AvgIpc) is 3.50. The molecular formula is C29H33FN4O2S. The lowest BCUT2D eigenvalue weighted by Gasteiger charge is -2.26. The van der Waals surface area contributed by atoms with Crippen LogP contribution in [0, 0.1) is 12.7 Å². The Morgan fingerprint density at radius 1 is 1.08 bits per heavy atom. The number of rotatable bonds is 4. The van der Waals surface area contributed by atoms with Gasteiger partial charge in [-0.3, -0.25) is 14.5 Å². The number of halogens is 1. The molecule has 2 aromatic carbocycles. The molecule has 2 aliphatic heterocycles. The molecule has 6 nitrogen and oxygen atoms in total. The average molecular weight is 521 g/mol. The number of fused-ring (bicyclic) bond motifs is 1.